The van der Waals surface area contributed by atoms with Crippen LogP contribution in [0.2, 0.25) is 0 Å². The number of hydrogen-bond donors (Lipinski definition) is 1. The second-order valence-corrected chi connectivity index (χ2v) is 3.05. The Kier molecular flexibility index (Phi) is 6.46. The van der Waals surface area contributed by atoms with Gasteiger partial charge in [-0.2, -0.15) is 0 Å². The van der Waals surface area contributed by atoms with Crippen molar-refractivity contribution in [2.75, 3.05) is 0 Å². The van der Waals surface area contributed by atoms with Crippen molar-refractivity contribution in [2.24, 2.45) is 0 Å². The van der Waals surface area contributed by atoms with Gasteiger partial charge < -0.3 is 5.11 Å². The SMILES string of the molecule is CC(=O)O.CCc1cccc(CC)c1. The Labute approximate surface area is 85.6 Å². The molecule has 0 amide bonds. The first-order valence-electron chi connectivity index (χ1n) is 4.87. The van der Waals surface area contributed by atoms with Crippen molar-refractivity contribution in [1.29, 1.82) is 0 Å². The molecule has 0 aliphatic rings. The molecule has 2 heteroatoms. The summed E-state index contributed by atoms with van der Waals surface area (Å²) >= 11 is 0. The molecular formula is C12H18O2. The highest BCUT2D eigenvalue weighted by atomic mass is 16.4. The molecule has 0 aromatic heterocycles. The zero-order chi connectivity index (χ0) is 11.0. The Morgan fingerprint density at radius 3 is 1.86 bits per heavy atom. The third kappa shape index (κ3) is 6.23. The first-order valence-corrected chi connectivity index (χ1v) is 4.87. The van der Waals surface area contributed by atoms with Gasteiger partial charge in [-0.3, -0.25) is 4.79 Å². The van der Waals surface area contributed by atoms with Crippen molar-refractivity contribution in [2.45, 2.75) is 33.6 Å². The lowest BCUT2D eigenvalue weighted by Crippen LogP contribution is -1.83. The number of benzene rings is 1. The maximum absolute atomic E-state index is 9.00. The number of carboxylic acids is 1. The summed E-state index contributed by atoms with van der Waals surface area (Å²) in [5, 5.41) is 7.42. The van der Waals surface area contributed by atoms with Crippen LogP contribution in [0, 0.1) is 0 Å². The minimum atomic E-state index is -0.833. The molecule has 1 aromatic carbocycles. The second-order valence-electron chi connectivity index (χ2n) is 3.05. The van der Waals surface area contributed by atoms with Crippen LogP contribution >= 0.6 is 0 Å². The van der Waals surface area contributed by atoms with Crippen LogP contribution in [0.15, 0.2) is 24.3 Å². The van der Waals surface area contributed by atoms with E-state index in [0.29, 0.717) is 0 Å². The lowest BCUT2D eigenvalue weighted by atomic mass is 10.1. The summed E-state index contributed by atoms with van der Waals surface area (Å²) in [5.74, 6) is -0.833. The molecule has 0 saturated heterocycles. The number of carboxylic acid groups (broad SMARTS) is 1. The summed E-state index contributed by atoms with van der Waals surface area (Å²) in [6, 6.07) is 8.77. The molecule has 1 N–H and O–H groups in total. The predicted octanol–water partition coefficient (Wildman–Crippen LogP) is 2.90. The van der Waals surface area contributed by atoms with Crippen LogP contribution in [0.25, 0.3) is 0 Å². The van der Waals surface area contributed by atoms with Gasteiger partial charge in [-0.15, -0.1) is 0 Å². The molecule has 0 unspecified atom stereocenters. The molecule has 0 heterocycles. The Morgan fingerprint density at radius 1 is 1.21 bits per heavy atom. The fraction of sp³-hybridized carbons (Fsp3) is 0.417. The zero-order valence-corrected chi connectivity index (χ0v) is 9.08. The van der Waals surface area contributed by atoms with E-state index in [2.05, 4.69) is 38.1 Å². The highest BCUT2D eigenvalue weighted by Gasteiger charge is 1.89. The fourth-order valence-electron chi connectivity index (χ4n) is 1.07. The molecule has 0 bridgehead atoms. The van der Waals surface area contributed by atoms with Crippen molar-refractivity contribution >= 4 is 5.97 Å². The fourth-order valence-corrected chi connectivity index (χ4v) is 1.07. The average molecular weight is 194 g/mol. The summed E-state index contributed by atoms with van der Waals surface area (Å²) in [6.45, 7) is 5.46. The molecule has 78 valence electrons. The summed E-state index contributed by atoms with van der Waals surface area (Å²) in [6.07, 6.45) is 2.29. The number of aliphatic carboxylic acids is 1. The Balaban J connectivity index is 0.000000364. The molecular weight excluding hydrogens is 176 g/mol. The maximum atomic E-state index is 9.00. The average Bonchev–Trinajstić information content (AvgIpc) is 2.17. The lowest BCUT2D eigenvalue weighted by Gasteiger charge is -1.98. The van der Waals surface area contributed by atoms with E-state index in [-0.39, 0.29) is 0 Å². The van der Waals surface area contributed by atoms with Crippen LogP contribution in [0.1, 0.15) is 31.9 Å². The highest BCUT2D eigenvalue weighted by molar-refractivity contribution is 5.62. The van der Waals surface area contributed by atoms with Gasteiger partial charge >= 0.3 is 0 Å². The Hall–Kier alpha value is -1.31. The van der Waals surface area contributed by atoms with Crippen LogP contribution in [-0.2, 0) is 17.6 Å². The van der Waals surface area contributed by atoms with Gasteiger partial charge in [0.25, 0.3) is 5.97 Å². The van der Waals surface area contributed by atoms with Crippen molar-refractivity contribution in [3.63, 3.8) is 0 Å². The van der Waals surface area contributed by atoms with Crippen LogP contribution < -0.4 is 0 Å². The molecule has 0 saturated carbocycles. The molecule has 0 aliphatic carbocycles. The van der Waals surface area contributed by atoms with E-state index in [9.17, 15) is 0 Å². The van der Waals surface area contributed by atoms with Gasteiger partial charge in [-0.05, 0) is 24.0 Å². The minimum Gasteiger partial charge on any atom is -0.481 e. The summed E-state index contributed by atoms with van der Waals surface area (Å²) in [7, 11) is 0. The smallest absolute Gasteiger partial charge is 0.300 e. The molecule has 1 rings (SSSR count). The number of hydrogen-bond acceptors (Lipinski definition) is 1. The first kappa shape index (κ1) is 12.7. The van der Waals surface area contributed by atoms with Gasteiger partial charge in [0, 0.05) is 6.92 Å². The van der Waals surface area contributed by atoms with Gasteiger partial charge in [0.2, 0.25) is 0 Å². The van der Waals surface area contributed by atoms with Gasteiger partial charge in [-0.1, -0.05) is 38.1 Å². The van der Waals surface area contributed by atoms with Crippen LogP contribution in [-0.4, -0.2) is 11.1 Å². The molecule has 2 nitrogen and oxygen atoms in total. The summed E-state index contributed by atoms with van der Waals surface area (Å²) < 4.78 is 0. The molecule has 0 atom stereocenters. The van der Waals surface area contributed by atoms with Crippen LogP contribution in [0.3, 0.4) is 0 Å². The Bertz CT molecular complexity index is 256. The number of rotatable bonds is 2. The maximum Gasteiger partial charge on any atom is 0.300 e. The van der Waals surface area contributed by atoms with Gasteiger partial charge in [-0.25, -0.2) is 0 Å². The molecule has 0 radical (unpaired) electrons. The van der Waals surface area contributed by atoms with E-state index in [4.69, 9.17) is 9.90 Å². The van der Waals surface area contributed by atoms with E-state index in [1.165, 1.54) is 11.1 Å². The lowest BCUT2D eigenvalue weighted by molar-refractivity contribution is -0.134. The van der Waals surface area contributed by atoms with Crippen LogP contribution in [0.4, 0.5) is 0 Å². The first-order chi connectivity index (χ1) is 6.60. The topological polar surface area (TPSA) is 37.3 Å². The third-order valence-electron chi connectivity index (χ3n) is 1.81. The largest absolute Gasteiger partial charge is 0.481 e. The molecule has 0 fully saturated rings. The normalized spacial score (nSPS) is 8.79. The molecule has 0 spiro atoms. The van der Waals surface area contributed by atoms with E-state index in [1.54, 1.807) is 0 Å². The number of aryl methyl sites for hydroxylation is 2. The summed E-state index contributed by atoms with van der Waals surface area (Å²) in [5.41, 5.74) is 2.89. The third-order valence-corrected chi connectivity index (χ3v) is 1.81. The highest BCUT2D eigenvalue weighted by Crippen LogP contribution is 2.05. The quantitative estimate of drug-likeness (QED) is 0.786. The van der Waals surface area contributed by atoms with Crippen molar-refractivity contribution in [3.05, 3.63) is 35.4 Å². The Morgan fingerprint density at radius 2 is 1.57 bits per heavy atom. The van der Waals surface area contributed by atoms with E-state index in [0.717, 1.165) is 19.8 Å². The molecule has 14 heavy (non-hydrogen) atoms. The van der Waals surface area contributed by atoms with E-state index < -0.39 is 5.97 Å². The standard InChI is InChI=1S/C10H14.C2H4O2/c1-3-9-6-5-7-10(4-2)8-9;1-2(3)4/h5-8H,3-4H2,1-2H3;1H3,(H,3,4). The van der Waals surface area contributed by atoms with Crippen molar-refractivity contribution in [3.8, 4) is 0 Å². The predicted molar refractivity (Wildman–Crippen MR) is 58.5 cm³/mol. The van der Waals surface area contributed by atoms with Gasteiger partial charge in [0.15, 0.2) is 0 Å². The second kappa shape index (κ2) is 7.13. The van der Waals surface area contributed by atoms with Gasteiger partial charge in [0.1, 0.15) is 0 Å². The van der Waals surface area contributed by atoms with Crippen molar-refractivity contribution < 1.29 is 9.90 Å². The summed E-state index contributed by atoms with van der Waals surface area (Å²) in [4.78, 5) is 9.00. The van der Waals surface area contributed by atoms with Crippen LogP contribution in [0.5, 0.6) is 0 Å². The minimum absolute atomic E-state index is 0.833. The molecule has 0 aliphatic heterocycles. The van der Waals surface area contributed by atoms with Gasteiger partial charge in [0.05, 0.1) is 0 Å². The van der Waals surface area contributed by atoms with E-state index >= 15 is 0 Å². The molecule has 1 aromatic rings. The van der Waals surface area contributed by atoms with E-state index in [1.807, 2.05) is 0 Å². The monoisotopic (exact) mass is 194 g/mol. The zero-order valence-electron chi connectivity index (χ0n) is 9.08. The van der Waals surface area contributed by atoms with Crippen molar-refractivity contribution in [1.82, 2.24) is 0 Å². The number of carbonyl (C=O) groups is 1.